The van der Waals surface area contributed by atoms with Crippen LogP contribution >= 0.6 is 0 Å². The number of carbonyl (C=O) groups is 3. The molecule has 0 fully saturated rings. The molecule has 0 saturated carbocycles. The smallest absolute Gasteiger partial charge is 0.408 e. The summed E-state index contributed by atoms with van der Waals surface area (Å²) in [6.45, 7) is 9.64. The third-order valence-corrected chi connectivity index (χ3v) is 4.82. The molecule has 150 valence electrons. The Bertz CT molecular complexity index is 612. The minimum Gasteiger partial charge on any atom is -0.445 e. The van der Waals surface area contributed by atoms with Gasteiger partial charge in [-0.05, 0) is 30.7 Å². The zero-order valence-electron chi connectivity index (χ0n) is 17.2. The number of amides is 1. The second-order valence-electron chi connectivity index (χ2n) is 7.68. The molecule has 1 N–H and O–H groups in total. The predicted octanol–water partition coefficient (Wildman–Crippen LogP) is 4.54. The van der Waals surface area contributed by atoms with E-state index >= 15 is 0 Å². The number of hydrogen-bond donors (Lipinski definition) is 1. The summed E-state index contributed by atoms with van der Waals surface area (Å²) in [6.07, 6.45) is 0.958. The van der Waals surface area contributed by atoms with Crippen molar-refractivity contribution in [3.05, 3.63) is 35.9 Å². The summed E-state index contributed by atoms with van der Waals surface area (Å²) in [7, 11) is 0. The van der Waals surface area contributed by atoms with Crippen molar-refractivity contribution in [3.63, 3.8) is 0 Å². The summed E-state index contributed by atoms with van der Waals surface area (Å²) in [4.78, 5) is 36.9. The van der Waals surface area contributed by atoms with Crippen LogP contribution in [0.4, 0.5) is 4.79 Å². The largest absolute Gasteiger partial charge is 0.445 e. The summed E-state index contributed by atoms with van der Waals surface area (Å²) < 4.78 is 5.25. The molecule has 1 aromatic rings. The molecule has 3 atom stereocenters. The average molecular weight is 376 g/mol. The molecule has 1 unspecified atom stereocenters. The second-order valence-corrected chi connectivity index (χ2v) is 7.68. The van der Waals surface area contributed by atoms with E-state index in [1.807, 2.05) is 58.0 Å². The molecule has 1 aromatic carbocycles. The molecule has 0 saturated heterocycles. The summed E-state index contributed by atoms with van der Waals surface area (Å²) in [5.41, 5.74) is 0.882. The van der Waals surface area contributed by atoms with Crippen molar-refractivity contribution in [3.8, 4) is 0 Å². The highest BCUT2D eigenvalue weighted by atomic mass is 16.5. The van der Waals surface area contributed by atoms with Crippen molar-refractivity contribution in [1.82, 2.24) is 5.32 Å². The molecule has 0 radical (unpaired) electrons. The van der Waals surface area contributed by atoms with Crippen molar-refractivity contribution in [2.75, 3.05) is 0 Å². The van der Waals surface area contributed by atoms with Crippen LogP contribution in [-0.4, -0.2) is 23.7 Å². The van der Waals surface area contributed by atoms with Gasteiger partial charge in [-0.2, -0.15) is 0 Å². The highest BCUT2D eigenvalue weighted by Gasteiger charge is 2.30. The summed E-state index contributed by atoms with van der Waals surface area (Å²) in [5, 5.41) is 2.71. The van der Waals surface area contributed by atoms with Crippen LogP contribution in [0.15, 0.2) is 30.3 Å². The van der Waals surface area contributed by atoms with Gasteiger partial charge in [0.1, 0.15) is 12.4 Å². The molecule has 1 rings (SSSR count). The van der Waals surface area contributed by atoms with Crippen LogP contribution in [0, 0.1) is 17.8 Å². The molecule has 0 aliphatic heterocycles. The van der Waals surface area contributed by atoms with Gasteiger partial charge in [0.15, 0.2) is 5.78 Å². The monoisotopic (exact) mass is 375 g/mol. The average Bonchev–Trinajstić information content (AvgIpc) is 2.63. The first kappa shape index (κ1) is 22.9. The molecule has 0 heterocycles. The van der Waals surface area contributed by atoms with Gasteiger partial charge >= 0.3 is 6.09 Å². The minimum absolute atomic E-state index is 0.0200. The van der Waals surface area contributed by atoms with Crippen molar-refractivity contribution >= 4 is 17.7 Å². The van der Waals surface area contributed by atoms with E-state index in [4.69, 9.17) is 4.74 Å². The first-order valence-corrected chi connectivity index (χ1v) is 9.74. The van der Waals surface area contributed by atoms with E-state index in [-0.39, 0.29) is 36.4 Å². The van der Waals surface area contributed by atoms with E-state index in [1.165, 1.54) is 6.92 Å². The Balaban J connectivity index is 2.71. The van der Waals surface area contributed by atoms with Crippen LogP contribution in [0.1, 0.15) is 59.4 Å². The van der Waals surface area contributed by atoms with Crippen molar-refractivity contribution < 1.29 is 19.1 Å². The van der Waals surface area contributed by atoms with Gasteiger partial charge in [-0.25, -0.2) is 4.79 Å². The van der Waals surface area contributed by atoms with Gasteiger partial charge in [-0.15, -0.1) is 0 Å². The molecular weight excluding hydrogens is 342 g/mol. The minimum atomic E-state index is -0.646. The van der Waals surface area contributed by atoms with Crippen LogP contribution in [0.3, 0.4) is 0 Å². The van der Waals surface area contributed by atoms with E-state index in [1.54, 1.807) is 0 Å². The van der Waals surface area contributed by atoms with Gasteiger partial charge in [-0.1, -0.05) is 64.4 Å². The summed E-state index contributed by atoms with van der Waals surface area (Å²) in [5.74, 6) is -0.0920. The van der Waals surface area contributed by atoms with E-state index in [9.17, 15) is 14.4 Å². The topological polar surface area (TPSA) is 72.5 Å². The number of rotatable bonds is 11. The lowest BCUT2D eigenvalue weighted by Gasteiger charge is -2.25. The van der Waals surface area contributed by atoms with Crippen molar-refractivity contribution in [1.29, 1.82) is 0 Å². The van der Waals surface area contributed by atoms with Gasteiger partial charge in [0.05, 0.1) is 6.04 Å². The van der Waals surface area contributed by atoms with Crippen LogP contribution in [-0.2, 0) is 20.9 Å². The molecule has 0 aliphatic rings. The first-order chi connectivity index (χ1) is 12.7. The van der Waals surface area contributed by atoms with Gasteiger partial charge in [0.2, 0.25) is 0 Å². The molecule has 0 aromatic heterocycles. The fourth-order valence-electron chi connectivity index (χ4n) is 3.00. The lowest BCUT2D eigenvalue weighted by Crippen LogP contribution is -2.46. The lowest BCUT2D eigenvalue weighted by molar-refractivity contribution is -0.128. The number of ketones is 2. The van der Waals surface area contributed by atoms with Crippen LogP contribution in [0.2, 0.25) is 0 Å². The predicted molar refractivity (Wildman–Crippen MR) is 106 cm³/mol. The molecule has 0 aliphatic carbocycles. The Hall–Kier alpha value is -2.17. The Labute approximate surface area is 162 Å². The fraction of sp³-hybridized carbons (Fsp3) is 0.591. The number of alkyl carbamates (subject to hydrolysis) is 1. The SMILES string of the molecule is CCC(C)[C@H](NC(=O)OCc1ccccc1)C(=O)C[C@@H](CC(C)C)C(C)=O. The van der Waals surface area contributed by atoms with Crippen molar-refractivity contribution in [2.45, 2.75) is 66.5 Å². The van der Waals surface area contributed by atoms with Crippen LogP contribution < -0.4 is 5.32 Å². The molecule has 27 heavy (non-hydrogen) atoms. The highest BCUT2D eigenvalue weighted by molar-refractivity contribution is 5.91. The maximum atomic E-state index is 12.8. The quantitative estimate of drug-likeness (QED) is 0.616. The molecule has 1 amide bonds. The van der Waals surface area contributed by atoms with Crippen molar-refractivity contribution in [2.24, 2.45) is 17.8 Å². The second kappa shape index (κ2) is 11.5. The number of hydrogen-bond acceptors (Lipinski definition) is 4. The van der Waals surface area contributed by atoms with E-state index < -0.39 is 12.1 Å². The zero-order valence-corrected chi connectivity index (χ0v) is 17.2. The summed E-state index contributed by atoms with van der Waals surface area (Å²) in [6, 6.07) is 8.73. The normalized spacial score (nSPS) is 14.3. The van der Waals surface area contributed by atoms with Gasteiger partial charge in [0, 0.05) is 12.3 Å². The Morgan fingerprint density at radius 1 is 1.07 bits per heavy atom. The van der Waals surface area contributed by atoms with Gasteiger partial charge in [0.25, 0.3) is 0 Å². The molecular formula is C22H33NO4. The van der Waals surface area contributed by atoms with Gasteiger partial charge in [-0.3, -0.25) is 9.59 Å². The number of nitrogens with one attached hydrogen (secondary N) is 1. The Morgan fingerprint density at radius 3 is 2.22 bits per heavy atom. The maximum absolute atomic E-state index is 12.8. The Kier molecular flexibility index (Phi) is 9.76. The fourth-order valence-corrected chi connectivity index (χ4v) is 3.00. The first-order valence-electron chi connectivity index (χ1n) is 9.74. The molecule has 5 nitrogen and oxygen atoms in total. The van der Waals surface area contributed by atoms with E-state index in [0.29, 0.717) is 12.3 Å². The number of benzene rings is 1. The van der Waals surface area contributed by atoms with Crippen LogP contribution in [0.25, 0.3) is 0 Å². The zero-order chi connectivity index (χ0) is 20.4. The third-order valence-electron chi connectivity index (χ3n) is 4.82. The van der Waals surface area contributed by atoms with Crippen LogP contribution in [0.5, 0.6) is 0 Å². The molecule has 0 bridgehead atoms. The van der Waals surface area contributed by atoms with E-state index in [0.717, 1.165) is 12.0 Å². The standard InChI is InChI=1S/C22H33NO4/c1-6-16(4)21(20(25)13-19(17(5)24)12-15(2)3)23-22(26)27-14-18-10-8-7-9-11-18/h7-11,15-16,19,21H,6,12-14H2,1-5H3,(H,23,26)/t16?,19-,21+/m1/s1. The van der Waals surface area contributed by atoms with Gasteiger partial charge < -0.3 is 10.1 Å². The molecule has 0 spiro atoms. The lowest BCUT2D eigenvalue weighted by atomic mass is 9.85. The maximum Gasteiger partial charge on any atom is 0.408 e. The van der Waals surface area contributed by atoms with E-state index in [2.05, 4.69) is 5.32 Å². The molecule has 5 heteroatoms. The number of ether oxygens (including phenoxy) is 1. The Morgan fingerprint density at radius 2 is 1.70 bits per heavy atom. The third kappa shape index (κ3) is 8.37. The number of Topliss-reactive ketones (excluding diaryl/α,β-unsaturated/α-hetero) is 2. The highest BCUT2D eigenvalue weighted by Crippen LogP contribution is 2.20. The summed E-state index contributed by atoms with van der Waals surface area (Å²) >= 11 is 0. The number of carbonyl (C=O) groups excluding carboxylic acids is 3.